The molecule has 0 aromatic heterocycles. The molecule has 0 unspecified atom stereocenters. The third-order valence-electron chi connectivity index (χ3n) is 4.35. The van der Waals surface area contributed by atoms with Crippen LogP contribution < -0.4 is 0 Å². The van der Waals surface area contributed by atoms with E-state index in [9.17, 15) is 8.42 Å². The van der Waals surface area contributed by atoms with Crippen LogP contribution in [0.4, 0.5) is 0 Å². The van der Waals surface area contributed by atoms with Crippen molar-refractivity contribution in [3.05, 3.63) is 35.4 Å². The molecule has 0 atom stereocenters. The van der Waals surface area contributed by atoms with Gasteiger partial charge >= 0.3 is 0 Å². The van der Waals surface area contributed by atoms with Crippen molar-refractivity contribution < 1.29 is 8.42 Å². The molecular weight excluding hydrogens is 316 g/mol. The minimum Gasteiger partial charge on any atom is -0.229 e. The van der Waals surface area contributed by atoms with Crippen LogP contribution in [-0.4, -0.2) is 19.9 Å². The molecule has 0 aliphatic carbocycles. The first-order chi connectivity index (χ1) is 11.4. The number of sulfone groups is 1. The van der Waals surface area contributed by atoms with Gasteiger partial charge in [0.15, 0.2) is 9.84 Å². The molecular formula is C21H36O2S. The Hall–Kier alpha value is -0.830. The van der Waals surface area contributed by atoms with Gasteiger partial charge in [-0.2, -0.15) is 0 Å². The van der Waals surface area contributed by atoms with Gasteiger partial charge in [-0.1, -0.05) is 70.7 Å². The Labute approximate surface area is 150 Å². The van der Waals surface area contributed by atoms with E-state index in [2.05, 4.69) is 31.2 Å². The topological polar surface area (TPSA) is 34.1 Å². The zero-order valence-electron chi connectivity index (χ0n) is 15.9. The maximum Gasteiger partial charge on any atom is 0.150 e. The fraction of sp³-hybridized carbons (Fsp3) is 0.714. The van der Waals surface area contributed by atoms with Crippen LogP contribution >= 0.6 is 0 Å². The van der Waals surface area contributed by atoms with E-state index in [1.54, 1.807) is 0 Å². The Kier molecular flexibility index (Phi) is 10.3. The Morgan fingerprint density at radius 1 is 0.792 bits per heavy atom. The van der Waals surface area contributed by atoms with Gasteiger partial charge in [0.25, 0.3) is 0 Å². The summed E-state index contributed by atoms with van der Waals surface area (Å²) in [6, 6.07) is 9.07. The number of hydrogen-bond donors (Lipinski definition) is 0. The van der Waals surface area contributed by atoms with Crippen LogP contribution in [0.1, 0.15) is 76.8 Å². The summed E-state index contributed by atoms with van der Waals surface area (Å²) in [5, 5.41) is 0. The zero-order valence-corrected chi connectivity index (χ0v) is 16.7. The maximum absolute atomic E-state index is 11.8. The maximum atomic E-state index is 11.8. The van der Waals surface area contributed by atoms with Gasteiger partial charge in [0.1, 0.15) is 0 Å². The number of rotatable bonds is 13. The highest BCUT2D eigenvalue weighted by atomic mass is 32.2. The molecule has 0 aliphatic rings. The van der Waals surface area contributed by atoms with Gasteiger partial charge in [0.05, 0.1) is 11.5 Å². The van der Waals surface area contributed by atoms with E-state index in [1.165, 1.54) is 43.2 Å². The highest BCUT2D eigenvalue weighted by molar-refractivity contribution is 7.91. The van der Waals surface area contributed by atoms with E-state index in [-0.39, 0.29) is 5.92 Å². The molecule has 0 N–H and O–H groups in total. The second-order valence-corrected chi connectivity index (χ2v) is 9.67. The van der Waals surface area contributed by atoms with Crippen LogP contribution in [0.5, 0.6) is 0 Å². The Bertz CT molecular complexity index is 529. The van der Waals surface area contributed by atoms with Gasteiger partial charge in [0, 0.05) is 0 Å². The van der Waals surface area contributed by atoms with E-state index >= 15 is 0 Å². The molecule has 0 aliphatic heterocycles. The van der Waals surface area contributed by atoms with E-state index in [0.29, 0.717) is 11.5 Å². The van der Waals surface area contributed by atoms with Crippen molar-refractivity contribution in [3.63, 3.8) is 0 Å². The summed E-state index contributed by atoms with van der Waals surface area (Å²) in [5.74, 6) is 0.939. The molecule has 0 saturated heterocycles. The van der Waals surface area contributed by atoms with Crippen molar-refractivity contribution in [2.75, 3.05) is 11.5 Å². The Morgan fingerprint density at radius 2 is 1.29 bits per heavy atom. The van der Waals surface area contributed by atoms with Crippen molar-refractivity contribution in [2.24, 2.45) is 5.92 Å². The van der Waals surface area contributed by atoms with Crippen LogP contribution in [0.3, 0.4) is 0 Å². The highest BCUT2D eigenvalue weighted by Gasteiger charge is 2.12. The third kappa shape index (κ3) is 10.1. The lowest BCUT2D eigenvalue weighted by Gasteiger charge is -2.07. The summed E-state index contributed by atoms with van der Waals surface area (Å²) in [6.07, 6.45) is 10.2. The lowest BCUT2D eigenvalue weighted by molar-refractivity contribution is 0.573. The minimum absolute atomic E-state index is 0.239. The monoisotopic (exact) mass is 352 g/mol. The predicted molar refractivity (Wildman–Crippen MR) is 105 cm³/mol. The molecule has 0 heterocycles. The summed E-state index contributed by atoms with van der Waals surface area (Å²) in [4.78, 5) is 0. The third-order valence-corrected chi connectivity index (χ3v) is 6.44. The van der Waals surface area contributed by atoms with Gasteiger partial charge in [-0.15, -0.1) is 0 Å². The van der Waals surface area contributed by atoms with Crippen molar-refractivity contribution in [1.82, 2.24) is 0 Å². The van der Waals surface area contributed by atoms with Gasteiger partial charge < -0.3 is 0 Å². The van der Waals surface area contributed by atoms with Gasteiger partial charge in [0.2, 0.25) is 0 Å². The molecule has 0 amide bonds. The largest absolute Gasteiger partial charge is 0.229 e. The summed E-state index contributed by atoms with van der Waals surface area (Å²) < 4.78 is 23.6. The molecule has 1 aromatic rings. The van der Waals surface area contributed by atoms with Crippen LogP contribution in [0.2, 0.25) is 0 Å². The van der Waals surface area contributed by atoms with Crippen molar-refractivity contribution in [1.29, 1.82) is 0 Å². The predicted octanol–water partition coefficient (Wildman–Crippen LogP) is 5.59. The fourth-order valence-corrected chi connectivity index (χ4v) is 4.85. The molecule has 1 rings (SSSR count). The van der Waals surface area contributed by atoms with Gasteiger partial charge in [-0.25, -0.2) is 8.42 Å². The Balaban J connectivity index is 2.10. The molecule has 0 radical (unpaired) electrons. The van der Waals surface area contributed by atoms with Crippen molar-refractivity contribution in [3.8, 4) is 0 Å². The smallest absolute Gasteiger partial charge is 0.150 e. The second-order valence-electron chi connectivity index (χ2n) is 7.45. The molecule has 138 valence electrons. The van der Waals surface area contributed by atoms with Crippen LogP contribution in [-0.2, 0) is 22.7 Å². The van der Waals surface area contributed by atoms with E-state index in [4.69, 9.17) is 0 Å². The average Bonchev–Trinajstić information content (AvgIpc) is 2.51. The summed E-state index contributed by atoms with van der Waals surface area (Å²) in [5.41, 5.74) is 2.87. The normalized spacial score (nSPS) is 12.0. The summed E-state index contributed by atoms with van der Waals surface area (Å²) in [6.45, 7) is 6.16. The first kappa shape index (κ1) is 21.2. The molecule has 3 heteroatoms. The van der Waals surface area contributed by atoms with Crippen molar-refractivity contribution >= 4 is 9.84 Å². The lowest BCUT2D eigenvalue weighted by atomic mass is 10.0. The number of unbranched alkanes of at least 4 members (excludes halogenated alkanes) is 5. The van der Waals surface area contributed by atoms with E-state index < -0.39 is 9.84 Å². The SMILES string of the molecule is CCCCc1ccc(CCCCCCCS(=O)(=O)CC(C)C)cc1. The first-order valence-corrected chi connectivity index (χ1v) is 11.5. The van der Waals surface area contributed by atoms with E-state index in [0.717, 1.165) is 25.7 Å². The fourth-order valence-electron chi connectivity index (χ4n) is 3.03. The molecule has 1 aromatic carbocycles. The number of hydrogen-bond acceptors (Lipinski definition) is 2. The lowest BCUT2D eigenvalue weighted by Crippen LogP contribution is -2.15. The Morgan fingerprint density at radius 3 is 1.83 bits per heavy atom. The second kappa shape index (κ2) is 11.7. The summed E-state index contributed by atoms with van der Waals surface area (Å²) >= 11 is 0. The quantitative estimate of drug-likeness (QED) is 0.433. The number of benzene rings is 1. The van der Waals surface area contributed by atoms with Crippen LogP contribution in [0, 0.1) is 5.92 Å². The minimum atomic E-state index is -2.83. The summed E-state index contributed by atoms with van der Waals surface area (Å²) in [7, 11) is -2.83. The van der Waals surface area contributed by atoms with Crippen LogP contribution in [0.15, 0.2) is 24.3 Å². The van der Waals surface area contributed by atoms with Gasteiger partial charge in [-0.3, -0.25) is 0 Å². The molecule has 0 saturated carbocycles. The molecule has 0 fully saturated rings. The van der Waals surface area contributed by atoms with Crippen LogP contribution in [0.25, 0.3) is 0 Å². The van der Waals surface area contributed by atoms with Gasteiger partial charge in [-0.05, 0) is 49.1 Å². The molecule has 2 nitrogen and oxygen atoms in total. The first-order valence-electron chi connectivity index (χ1n) is 9.71. The number of aryl methyl sites for hydroxylation is 2. The molecule has 24 heavy (non-hydrogen) atoms. The van der Waals surface area contributed by atoms with E-state index in [1.807, 2.05) is 13.8 Å². The highest BCUT2D eigenvalue weighted by Crippen LogP contribution is 2.13. The molecule has 0 bridgehead atoms. The standard InChI is InChI=1S/C21H36O2S/c1-4-5-11-20-13-15-21(16-14-20)12-9-7-6-8-10-17-24(22,23)18-19(2)3/h13-16,19H,4-12,17-18H2,1-3H3. The molecule has 0 spiro atoms. The van der Waals surface area contributed by atoms with Crippen molar-refractivity contribution in [2.45, 2.75) is 78.6 Å². The average molecular weight is 353 g/mol. The zero-order chi connectivity index (χ0) is 17.8.